The van der Waals surface area contributed by atoms with E-state index in [1.165, 1.54) is 4.90 Å². The van der Waals surface area contributed by atoms with Gasteiger partial charge in [0.1, 0.15) is 0 Å². The molecule has 1 aliphatic rings. The lowest BCUT2D eigenvalue weighted by Crippen LogP contribution is -2.30. The third-order valence-corrected chi connectivity index (χ3v) is 3.17. The van der Waals surface area contributed by atoms with Gasteiger partial charge in [-0.1, -0.05) is 0 Å². The second-order valence-electron chi connectivity index (χ2n) is 4.52. The van der Waals surface area contributed by atoms with E-state index >= 15 is 0 Å². The number of amides is 1. The molecule has 0 aromatic heterocycles. The lowest BCUT2D eigenvalue weighted by molar-refractivity contribution is 0.0572. The molecule has 1 aromatic rings. The molecule has 1 saturated heterocycles. The van der Waals surface area contributed by atoms with Crippen molar-refractivity contribution in [3.8, 4) is 0 Å². The zero-order valence-electron chi connectivity index (χ0n) is 10.1. The Morgan fingerprint density at radius 2 is 2.00 bits per heavy atom. The van der Waals surface area contributed by atoms with Crippen LogP contribution in [-0.4, -0.2) is 46.3 Å². The zero-order chi connectivity index (χ0) is 13.3. The van der Waals surface area contributed by atoms with E-state index in [0.29, 0.717) is 5.56 Å². The van der Waals surface area contributed by atoms with Crippen molar-refractivity contribution in [1.29, 1.82) is 0 Å². The van der Waals surface area contributed by atoms with Crippen LogP contribution in [0.5, 0.6) is 0 Å². The van der Waals surface area contributed by atoms with Crippen LogP contribution >= 0.6 is 0 Å². The van der Waals surface area contributed by atoms with E-state index in [9.17, 15) is 15.0 Å². The molecule has 6 heteroatoms. The van der Waals surface area contributed by atoms with Crippen LogP contribution in [-0.2, 0) is 0 Å². The maximum absolute atomic E-state index is 12.2. The highest BCUT2D eigenvalue weighted by Gasteiger charge is 2.33. The second kappa shape index (κ2) is 4.93. The van der Waals surface area contributed by atoms with Crippen molar-refractivity contribution >= 4 is 11.6 Å². The molecule has 0 spiro atoms. The van der Waals surface area contributed by atoms with Crippen molar-refractivity contribution in [1.82, 2.24) is 4.90 Å². The van der Waals surface area contributed by atoms with E-state index in [-0.39, 0.29) is 19.0 Å². The highest BCUT2D eigenvalue weighted by molar-refractivity contribution is 5.96. The molecule has 0 radical (unpaired) electrons. The highest BCUT2D eigenvalue weighted by Crippen LogP contribution is 2.19. The molecule has 1 heterocycles. The van der Waals surface area contributed by atoms with Gasteiger partial charge in [-0.15, -0.1) is 0 Å². The van der Waals surface area contributed by atoms with Crippen molar-refractivity contribution in [2.75, 3.05) is 18.5 Å². The molecule has 2 unspecified atom stereocenters. The van der Waals surface area contributed by atoms with Crippen molar-refractivity contribution in [3.63, 3.8) is 0 Å². The zero-order valence-corrected chi connectivity index (χ0v) is 10.1. The number of β-amino-alcohol motifs (C(OH)–C–C–N with tert-alkyl or cyclic N) is 2. The van der Waals surface area contributed by atoms with E-state index in [0.717, 1.165) is 11.3 Å². The molecule has 1 aliphatic heterocycles. The largest absolute Gasteiger partial charge is 0.388 e. The smallest absolute Gasteiger partial charge is 0.254 e. The number of rotatable bonds is 2. The Labute approximate surface area is 105 Å². The topological polar surface area (TPSA) is 98.8 Å². The first-order valence-electron chi connectivity index (χ1n) is 5.75. The number of hydrogen-bond acceptors (Lipinski definition) is 5. The molecule has 6 nitrogen and oxygen atoms in total. The average molecular weight is 251 g/mol. The minimum atomic E-state index is -0.862. The predicted octanol–water partition coefficient (Wildman–Crippen LogP) is -0.542. The minimum Gasteiger partial charge on any atom is -0.388 e. The van der Waals surface area contributed by atoms with Crippen LogP contribution in [0.25, 0.3) is 0 Å². The molecule has 1 fully saturated rings. The van der Waals surface area contributed by atoms with Crippen LogP contribution in [0, 0.1) is 6.92 Å². The van der Waals surface area contributed by atoms with Crippen molar-refractivity contribution in [2.45, 2.75) is 19.1 Å². The van der Waals surface area contributed by atoms with E-state index in [4.69, 9.17) is 5.84 Å². The standard InChI is InChI=1S/C12H17N3O3/c1-7-4-8(14-13)2-3-9(7)12(18)15-5-10(16)11(17)6-15/h2-4,10-11,14,16-17H,5-6,13H2,1H3. The fraction of sp³-hybridized carbons (Fsp3) is 0.417. The Morgan fingerprint density at radius 3 is 2.50 bits per heavy atom. The van der Waals surface area contributed by atoms with E-state index in [1.807, 2.05) is 6.92 Å². The number of hydrogen-bond donors (Lipinski definition) is 4. The molecular formula is C12H17N3O3. The fourth-order valence-electron chi connectivity index (χ4n) is 2.10. The molecule has 5 N–H and O–H groups in total. The number of likely N-dealkylation sites (tertiary alicyclic amines) is 1. The van der Waals surface area contributed by atoms with Crippen molar-refractivity contribution < 1.29 is 15.0 Å². The Balaban J connectivity index is 2.19. The number of carbonyl (C=O) groups excluding carboxylic acids is 1. The third kappa shape index (κ3) is 2.31. The van der Waals surface area contributed by atoms with Gasteiger partial charge in [-0.25, -0.2) is 0 Å². The van der Waals surface area contributed by atoms with Crippen LogP contribution in [0.3, 0.4) is 0 Å². The van der Waals surface area contributed by atoms with Crippen LogP contribution in [0.4, 0.5) is 5.69 Å². The van der Waals surface area contributed by atoms with Gasteiger partial charge in [0, 0.05) is 24.3 Å². The van der Waals surface area contributed by atoms with Crippen LogP contribution in [0.1, 0.15) is 15.9 Å². The highest BCUT2D eigenvalue weighted by atomic mass is 16.3. The molecule has 1 amide bonds. The first kappa shape index (κ1) is 12.8. The maximum atomic E-state index is 12.2. The number of anilines is 1. The van der Waals surface area contributed by atoms with Crippen LogP contribution < -0.4 is 11.3 Å². The number of aliphatic hydroxyl groups excluding tert-OH is 2. The number of hydrazine groups is 1. The lowest BCUT2D eigenvalue weighted by Gasteiger charge is -2.17. The number of benzene rings is 1. The first-order chi connectivity index (χ1) is 8.52. The van der Waals surface area contributed by atoms with E-state index < -0.39 is 12.2 Å². The molecule has 0 saturated carbocycles. The summed E-state index contributed by atoms with van der Waals surface area (Å²) in [6.07, 6.45) is -1.72. The molecule has 2 atom stereocenters. The van der Waals surface area contributed by atoms with Gasteiger partial charge in [-0.2, -0.15) is 0 Å². The second-order valence-corrected chi connectivity index (χ2v) is 4.52. The number of aryl methyl sites for hydroxylation is 1. The summed E-state index contributed by atoms with van der Waals surface area (Å²) >= 11 is 0. The van der Waals surface area contributed by atoms with Gasteiger partial charge in [0.15, 0.2) is 0 Å². The number of nitrogens with one attached hydrogen (secondary N) is 1. The molecule has 98 valence electrons. The number of nitrogens with zero attached hydrogens (tertiary/aromatic N) is 1. The quantitative estimate of drug-likeness (QED) is 0.418. The van der Waals surface area contributed by atoms with Gasteiger partial charge in [-0.3, -0.25) is 10.6 Å². The summed E-state index contributed by atoms with van der Waals surface area (Å²) in [6, 6.07) is 5.17. The van der Waals surface area contributed by atoms with Crippen molar-refractivity contribution in [3.05, 3.63) is 29.3 Å². The monoisotopic (exact) mass is 251 g/mol. The summed E-state index contributed by atoms with van der Waals surface area (Å²) in [6.45, 7) is 2.14. The maximum Gasteiger partial charge on any atom is 0.254 e. The molecule has 1 aromatic carbocycles. The summed E-state index contributed by atoms with van der Waals surface area (Å²) in [4.78, 5) is 13.7. The number of nitrogen functional groups attached to an aromatic ring is 1. The van der Waals surface area contributed by atoms with Gasteiger partial charge in [0.05, 0.1) is 12.2 Å². The Morgan fingerprint density at radius 1 is 1.39 bits per heavy atom. The summed E-state index contributed by atoms with van der Waals surface area (Å²) < 4.78 is 0. The fourth-order valence-corrected chi connectivity index (χ4v) is 2.10. The van der Waals surface area contributed by atoms with Gasteiger partial charge in [-0.05, 0) is 30.7 Å². The van der Waals surface area contributed by atoms with Crippen LogP contribution in [0.15, 0.2) is 18.2 Å². The molecule has 0 bridgehead atoms. The number of aliphatic hydroxyl groups is 2. The number of nitrogens with two attached hydrogens (primary N) is 1. The average Bonchev–Trinajstić information content (AvgIpc) is 2.68. The SMILES string of the molecule is Cc1cc(NN)ccc1C(=O)N1CC(O)C(O)C1. The molecule has 18 heavy (non-hydrogen) atoms. The summed E-state index contributed by atoms with van der Waals surface area (Å²) in [7, 11) is 0. The van der Waals surface area contributed by atoms with Crippen LogP contribution in [0.2, 0.25) is 0 Å². The summed E-state index contributed by atoms with van der Waals surface area (Å²) in [5.74, 6) is 5.10. The van der Waals surface area contributed by atoms with Gasteiger partial charge < -0.3 is 20.5 Å². The predicted molar refractivity (Wildman–Crippen MR) is 66.9 cm³/mol. The van der Waals surface area contributed by atoms with Crippen molar-refractivity contribution in [2.24, 2.45) is 5.84 Å². The first-order valence-corrected chi connectivity index (χ1v) is 5.75. The van der Waals surface area contributed by atoms with E-state index in [1.54, 1.807) is 18.2 Å². The lowest BCUT2D eigenvalue weighted by atomic mass is 10.1. The Hall–Kier alpha value is -1.63. The molecule has 2 rings (SSSR count). The third-order valence-electron chi connectivity index (χ3n) is 3.17. The molecule has 0 aliphatic carbocycles. The number of carbonyl (C=O) groups is 1. The Bertz CT molecular complexity index is 454. The van der Waals surface area contributed by atoms with E-state index in [2.05, 4.69) is 5.43 Å². The molecular weight excluding hydrogens is 234 g/mol. The minimum absolute atomic E-state index is 0.163. The van der Waals surface area contributed by atoms with Gasteiger partial charge in [0.25, 0.3) is 5.91 Å². The summed E-state index contributed by atoms with van der Waals surface area (Å²) in [5, 5.41) is 18.9. The normalized spacial score (nSPS) is 23.2. The van der Waals surface area contributed by atoms with Gasteiger partial charge >= 0.3 is 0 Å². The van der Waals surface area contributed by atoms with Gasteiger partial charge in [0.2, 0.25) is 0 Å². The Kier molecular flexibility index (Phi) is 3.51. The summed E-state index contributed by atoms with van der Waals surface area (Å²) in [5.41, 5.74) is 4.59.